The van der Waals surface area contributed by atoms with Crippen molar-refractivity contribution in [3.8, 4) is 5.75 Å². The lowest BCUT2D eigenvalue weighted by Crippen LogP contribution is -2.31. The van der Waals surface area contributed by atoms with E-state index < -0.39 is 0 Å². The summed E-state index contributed by atoms with van der Waals surface area (Å²) in [6.07, 6.45) is 0. The van der Waals surface area contributed by atoms with Crippen molar-refractivity contribution < 1.29 is 9.53 Å². The third-order valence-corrected chi connectivity index (χ3v) is 2.78. The van der Waals surface area contributed by atoms with E-state index in [9.17, 15) is 4.79 Å². The van der Waals surface area contributed by atoms with Gasteiger partial charge in [-0.2, -0.15) is 0 Å². The number of hydrogen-bond donors (Lipinski definition) is 0. The fourth-order valence-corrected chi connectivity index (χ4v) is 1.61. The topological polar surface area (TPSA) is 29.5 Å². The van der Waals surface area contributed by atoms with Gasteiger partial charge >= 0.3 is 0 Å². The first-order chi connectivity index (χ1) is 7.63. The van der Waals surface area contributed by atoms with E-state index >= 15 is 0 Å². The number of likely N-dealkylation sites (N-methyl/N-ethyl adjacent to an activating group) is 1. The number of rotatable bonds is 5. The van der Waals surface area contributed by atoms with Gasteiger partial charge in [-0.05, 0) is 24.3 Å². The molecule has 0 bridgehead atoms. The van der Waals surface area contributed by atoms with Crippen LogP contribution in [0.4, 0.5) is 0 Å². The van der Waals surface area contributed by atoms with Crippen LogP contribution in [-0.4, -0.2) is 36.3 Å². The van der Waals surface area contributed by atoms with Crippen molar-refractivity contribution in [2.75, 3.05) is 25.5 Å². The van der Waals surface area contributed by atoms with Gasteiger partial charge in [-0.15, -0.1) is 0 Å². The van der Waals surface area contributed by atoms with E-state index in [0.29, 0.717) is 23.5 Å². The second kappa shape index (κ2) is 6.76. The Kier molecular flexibility index (Phi) is 5.63. The molecule has 0 saturated carbocycles. The lowest BCUT2D eigenvalue weighted by Gasteiger charge is -2.16. The lowest BCUT2D eigenvalue weighted by molar-refractivity contribution is -0.127. The second-order valence-electron chi connectivity index (χ2n) is 3.25. The largest absolute Gasteiger partial charge is 0.492 e. The summed E-state index contributed by atoms with van der Waals surface area (Å²) in [5.41, 5.74) is 0. The molecule has 1 aromatic carbocycles. The zero-order chi connectivity index (χ0) is 12.0. The molecule has 0 radical (unpaired) electrons. The van der Waals surface area contributed by atoms with Crippen LogP contribution < -0.4 is 4.74 Å². The molecule has 0 aliphatic carbocycles. The van der Waals surface area contributed by atoms with Crippen molar-refractivity contribution >= 4 is 33.4 Å². The summed E-state index contributed by atoms with van der Waals surface area (Å²) < 4.78 is 5.46. The van der Waals surface area contributed by atoms with Gasteiger partial charge in [-0.25, -0.2) is 0 Å². The molecular formula is C11H13BrClNO2. The third kappa shape index (κ3) is 4.41. The lowest BCUT2D eigenvalue weighted by atomic mass is 10.3. The monoisotopic (exact) mass is 305 g/mol. The molecule has 1 rings (SSSR count). The Balaban J connectivity index is 2.30. The quantitative estimate of drug-likeness (QED) is 0.783. The van der Waals surface area contributed by atoms with Crippen molar-refractivity contribution in [3.05, 3.63) is 29.3 Å². The van der Waals surface area contributed by atoms with Gasteiger partial charge in [0.1, 0.15) is 12.4 Å². The maximum atomic E-state index is 11.2. The fraction of sp³-hybridized carbons (Fsp3) is 0.364. The maximum Gasteiger partial charge on any atom is 0.233 e. The highest BCUT2D eigenvalue weighted by atomic mass is 79.9. The number of hydrogen-bond acceptors (Lipinski definition) is 2. The molecule has 0 spiro atoms. The number of ether oxygens (including phenoxy) is 1. The summed E-state index contributed by atoms with van der Waals surface area (Å²) in [6.45, 7) is 1.03. The van der Waals surface area contributed by atoms with Gasteiger partial charge in [0.25, 0.3) is 0 Å². The van der Waals surface area contributed by atoms with E-state index in [1.54, 1.807) is 36.2 Å². The zero-order valence-corrected chi connectivity index (χ0v) is 11.3. The van der Waals surface area contributed by atoms with Crippen LogP contribution in [0.1, 0.15) is 0 Å². The fourth-order valence-electron chi connectivity index (χ4n) is 1.06. The summed E-state index contributed by atoms with van der Waals surface area (Å²) in [5, 5.41) is 1.02. The Bertz CT molecular complexity index is 342. The smallest absolute Gasteiger partial charge is 0.233 e. The minimum Gasteiger partial charge on any atom is -0.492 e. The number of nitrogens with zero attached hydrogens (tertiary/aromatic N) is 1. The summed E-state index contributed by atoms with van der Waals surface area (Å²) in [6, 6.07) is 7.14. The van der Waals surface area contributed by atoms with Crippen molar-refractivity contribution in [1.82, 2.24) is 4.90 Å². The first kappa shape index (κ1) is 13.3. The van der Waals surface area contributed by atoms with E-state index in [2.05, 4.69) is 15.9 Å². The first-order valence-corrected chi connectivity index (χ1v) is 6.31. The average Bonchev–Trinajstić information content (AvgIpc) is 2.30. The molecule has 0 unspecified atom stereocenters. The van der Waals surface area contributed by atoms with Crippen LogP contribution in [0.2, 0.25) is 5.02 Å². The molecule has 0 aromatic heterocycles. The summed E-state index contributed by atoms with van der Waals surface area (Å²) in [4.78, 5) is 12.8. The van der Waals surface area contributed by atoms with Gasteiger partial charge < -0.3 is 9.64 Å². The van der Waals surface area contributed by atoms with Crippen LogP contribution in [0.25, 0.3) is 0 Å². The van der Waals surface area contributed by atoms with E-state index in [0.717, 1.165) is 5.75 Å². The van der Waals surface area contributed by atoms with Gasteiger partial charge in [0.05, 0.1) is 11.9 Å². The number of halogens is 2. The van der Waals surface area contributed by atoms with Crippen LogP contribution in [0.5, 0.6) is 5.75 Å². The Morgan fingerprint density at radius 1 is 1.44 bits per heavy atom. The van der Waals surface area contributed by atoms with Crippen molar-refractivity contribution in [2.45, 2.75) is 0 Å². The number of amides is 1. The summed E-state index contributed by atoms with van der Waals surface area (Å²) in [7, 11) is 1.74. The predicted octanol–water partition coefficient (Wildman–Crippen LogP) is 2.57. The van der Waals surface area contributed by atoms with Crippen LogP contribution in [0.15, 0.2) is 24.3 Å². The molecule has 0 aliphatic heterocycles. The molecule has 0 fully saturated rings. The van der Waals surface area contributed by atoms with Crippen molar-refractivity contribution in [3.63, 3.8) is 0 Å². The Morgan fingerprint density at radius 3 is 2.62 bits per heavy atom. The highest BCUT2D eigenvalue weighted by Crippen LogP contribution is 2.15. The molecule has 0 saturated heterocycles. The molecule has 1 amide bonds. The molecule has 5 heteroatoms. The number of carbonyl (C=O) groups is 1. The Labute approximate surface area is 108 Å². The second-order valence-corrected chi connectivity index (χ2v) is 4.25. The molecule has 0 N–H and O–H groups in total. The highest BCUT2D eigenvalue weighted by molar-refractivity contribution is 9.09. The van der Waals surface area contributed by atoms with Crippen LogP contribution in [0, 0.1) is 0 Å². The van der Waals surface area contributed by atoms with Gasteiger partial charge in [-0.1, -0.05) is 27.5 Å². The number of benzene rings is 1. The van der Waals surface area contributed by atoms with Crippen molar-refractivity contribution in [1.29, 1.82) is 0 Å². The molecule has 3 nitrogen and oxygen atoms in total. The minimum absolute atomic E-state index is 0.0414. The maximum absolute atomic E-state index is 11.2. The SMILES string of the molecule is CN(CCOc1ccc(Cl)cc1)C(=O)CBr. The van der Waals surface area contributed by atoms with Gasteiger partial charge in [0.2, 0.25) is 5.91 Å². The molecule has 16 heavy (non-hydrogen) atoms. The van der Waals surface area contributed by atoms with Crippen molar-refractivity contribution in [2.24, 2.45) is 0 Å². The molecule has 0 aliphatic rings. The zero-order valence-electron chi connectivity index (χ0n) is 8.95. The van der Waals surface area contributed by atoms with Gasteiger partial charge in [0, 0.05) is 12.1 Å². The molecule has 0 heterocycles. The van der Waals surface area contributed by atoms with Crippen LogP contribution >= 0.6 is 27.5 Å². The standard InChI is InChI=1S/C11H13BrClNO2/c1-14(11(15)8-12)6-7-16-10-4-2-9(13)3-5-10/h2-5H,6-8H2,1H3. The number of carbonyl (C=O) groups excluding carboxylic acids is 1. The Hall–Kier alpha value is -0.740. The van der Waals surface area contributed by atoms with Gasteiger partial charge in [0.15, 0.2) is 0 Å². The first-order valence-electron chi connectivity index (χ1n) is 4.82. The van der Waals surface area contributed by atoms with E-state index in [4.69, 9.17) is 16.3 Å². The predicted molar refractivity (Wildman–Crippen MR) is 68.4 cm³/mol. The average molecular weight is 307 g/mol. The molecule has 88 valence electrons. The third-order valence-electron chi connectivity index (χ3n) is 2.05. The van der Waals surface area contributed by atoms with E-state index in [1.807, 2.05) is 0 Å². The normalized spacial score (nSPS) is 9.94. The minimum atomic E-state index is 0.0414. The van der Waals surface area contributed by atoms with Gasteiger partial charge in [-0.3, -0.25) is 4.79 Å². The Morgan fingerprint density at radius 2 is 2.06 bits per heavy atom. The molecule has 1 aromatic rings. The van der Waals surface area contributed by atoms with E-state index in [1.165, 1.54) is 0 Å². The number of alkyl halides is 1. The van der Waals surface area contributed by atoms with E-state index in [-0.39, 0.29) is 5.91 Å². The van der Waals surface area contributed by atoms with Crippen LogP contribution in [-0.2, 0) is 4.79 Å². The highest BCUT2D eigenvalue weighted by Gasteiger charge is 2.05. The molecule has 0 atom stereocenters. The van der Waals surface area contributed by atoms with Crippen LogP contribution in [0.3, 0.4) is 0 Å². The molecular weight excluding hydrogens is 293 g/mol. The summed E-state index contributed by atoms with van der Waals surface area (Å²) >= 11 is 8.86. The summed E-state index contributed by atoms with van der Waals surface area (Å²) in [5.74, 6) is 0.795.